The Kier molecular flexibility index (Phi) is 8.00. The molecule has 0 amide bonds. The van der Waals surface area contributed by atoms with Crippen LogP contribution in [0.3, 0.4) is 0 Å². The van der Waals surface area contributed by atoms with Crippen molar-refractivity contribution in [3.05, 3.63) is 59.7 Å². The Labute approximate surface area is 193 Å². The van der Waals surface area contributed by atoms with Crippen molar-refractivity contribution < 1.29 is 19.4 Å². The van der Waals surface area contributed by atoms with Gasteiger partial charge in [-0.15, -0.1) is 0 Å². The number of aliphatic carboxylic acids is 1. The van der Waals surface area contributed by atoms with Crippen LogP contribution in [0, 0.1) is 11.3 Å². The van der Waals surface area contributed by atoms with Crippen molar-refractivity contribution in [2.24, 2.45) is 11.3 Å². The molecule has 4 nitrogen and oxygen atoms in total. The first kappa shape index (κ1) is 24.3. The van der Waals surface area contributed by atoms with E-state index in [0.717, 1.165) is 43.8 Å². The summed E-state index contributed by atoms with van der Waals surface area (Å²) in [6, 6.07) is 16.7. The third-order valence-corrected chi connectivity index (χ3v) is 7.24. The first-order chi connectivity index (χ1) is 15.3. The van der Waals surface area contributed by atoms with Gasteiger partial charge in [-0.2, -0.15) is 0 Å². The van der Waals surface area contributed by atoms with Crippen molar-refractivity contribution in [3.63, 3.8) is 0 Å². The van der Waals surface area contributed by atoms with Gasteiger partial charge in [0.15, 0.2) is 0 Å². The standard InChI is InChI=1S/C24H32O2.C4H6O2/c1-5-19-10-8-12-21(16-19)26-22-13-9-11-20(17-22)23(4)14-15-24(6-2,7-3)18-25-23;5-4(6)3-1-2-3/h8-13,16-17H,5-7,14-15,18H2,1-4H3;3H,1-2H2,(H,5,6). The zero-order valence-electron chi connectivity index (χ0n) is 20.0. The van der Waals surface area contributed by atoms with Crippen LogP contribution in [0.5, 0.6) is 11.5 Å². The molecule has 4 rings (SSSR count). The molecule has 0 bridgehead atoms. The minimum atomic E-state index is -0.630. The Balaban J connectivity index is 0.000000416. The van der Waals surface area contributed by atoms with E-state index < -0.39 is 5.97 Å². The van der Waals surface area contributed by atoms with Crippen LogP contribution in [-0.4, -0.2) is 17.7 Å². The molecule has 1 aliphatic carbocycles. The van der Waals surface area contributed by atoms with Crippen LogP contribution in [0.1, 0.15) is 77.3 Å². The van der Waals surface area contributed by atoms with E-state index in [1.165, 1.54) is 30.4 Å². The van der Waals surface area contributed by atoms with Crippen LogP contribution in [0.15, 0.2) is 48.5 Å². The molecule has 1 aliphatic heterocycles. The molecule has 1 N–H and O–H groups in total. The molecular weight excluding hydrogens is 400 g/mol. The van der Waals surface area contributed by atoms with Gasteiger partial charge in [0, 0.05) is 0 Å². The summed E-state index contributed by atoms with van der Waals surface area (Å²) in [6.45, 7) is 9.80. The van der Waals surface area contributed by atoms with Crippen LogP contribution in [0.4, 0.5) is 0 Å². The summed E-state index contributed by atoms with van der Waals surface area (Å²) >= 11 is 0. The van der Waals surface area contributed by atoms with E-state index in [9.17, 15) is 4.79 Å². The van der Waals surface area contributed by atoms with Gasteiger partial charge >= 0.3 is 5.97 Å². The smallest absolute Gasteiger partial charge is 0.306 e. The van der Waals surface area contributed by atoms with Crippen LogP contribution < -0.4 is 4.74 Å². The SMILES string of the molecule is CCc1cccc(Oc2cccc(C3(C)CCC(CC)(CC)CO3)c2)c1.O=C(O)C1CC1. The average Bonchev–Trinajstić information content (AvgIpc) is 3.67. The van der Waals surface area contributed by atoms with Gasteiger partial charge in [-0.05, 0) is 92.7 Å². The summed E-state index contributed by atoms with van der Waals surface area (Å²) in [6.07, 6.45) is 7.47. The summed E-state index contributed by atoms with van der Waals surface area (Å²) in [7, 11) is 0. The highest BCUT2D eigenvalue weighted by atomic mass is 16.5. The maximum atomic E-state index is 9.76. The second-order valence-corrected chi connectivity index (χ2v) is 9.47. The van der Waals surface area contributed by atoms with Gasteiger partial charge in [0.2, 0.25) is 0 Å². The predicted molar refractivity (Wildman–Crippen MR) is 128 cm³/mol. The first-order valence-electron chi connectivity index (χ1n) is 12.1. The molecule has 0 spiro atoms. The first-order valence-corrected chi connectivity index (χ1v) is 12.1. The fraction of sp³-hybridized carbons (Fsp3) is 0.536. The molecule has 2 aliphatic rings. The van der Waals surface area contributed by atoms with E-state index in [1.807, 2.05) is 12.1 Å². The van der Waals surface area contributed by atoms with E-state index in [-0.39, 0.29) is 11.5 Å². The van der Waals surface area contributed by atoms with Crippen molar-refractivity contribution in [1.82, 2.24) is 0 Å². The molecule has 1 atom stereocenters. The number of hydrogen-bond donors (Lipinski definition) is 1. The van der Waals surface area contributed by atoms with Gasteiger partial charge in [0.1, 0.15) is 11.5 Å². The largest absolute Gasteiger partial charge is 0.481 e. The summed E-state index contributed by atoms with van der Waals surface area (Å²) in [5, 5.41) is 8.05. The molecule has 4 heteroatoms. The second-order valence-electron chi connectivity index (χ2n) is 9.47. The quantitative estimate of drug-likeness (QED) is 0.491. The fourth-order valence-corrected chi connectivity index (χ4v) is 4.18. The van der Waals surface area contributed by atoms with Crippen LogP contribution in [0.25, 0.3) is 0 Å². The molecule has 0 aromatic heterocycles. The molecule has 0 radical (unpaired) electrons. The molecule has 2 aromatic carbocycles. The lowest BCUT2D eigenvalue weighted by atomic mass is 9.73. The molecule has 1 heterocycles. The van der Waals surface area contributed by atoms with E-state index >= 15 is 0 Å². The number of carbonyl (C=O) groups is 1. The Morgan fingerprint density at radius 2 is 1.69 bits per heavy atom. The molecule has 1 saturated carbocycles. The minimum absolute atomic E-state index is 0.0185. The summed E-state index contributed by atoms with van der Waals surface area (Å²) in [5.74, 6) is 1.16. The van der Waals surface area contributed by atoms with Gasteiger partial charge in [0.25, 0.3) is 0 Å². The van der Waals surface area contributed by atoms with Crippen LogP contribution >= 0.6 is 0 Å². The lowest BCUT2D eigenvalue weighted by molar-refractivity contribution is -0.138. The highest BCUT2D eigenvalue weighted by Gasteiger charge is 2.40. The Bertz CT molecular complexity index is 886. The van der Waals surface area contributed by atoms with Gasteiger partial charge in [-0.25, -0.2) is 0 Å². The third-order valence-electron chi connectivity index (χ3n) is 7.24. The van der Waals surface area contributed by atoms with E-state index in [1.54, 1.807) is 0 Å². The molecular formula is C28H38O4. The summed E-state index contributed by atoms with van der Waals surface area (Å²) in [4.78, 5) is 9.76. The number of hydrogen-bond acceptors (Lipinski definition) is 3. The molecule has 1 saturated heterocycles. The third kappa shape index (κ3) is 6.13. The average molecular weight is 439 g/mol. The maximum absolute atomic E-state index is 9.76. The van der Waals surface area contributed by atoms with Gasteiger partial charge in [-0.1, -0.05) is 45.0 Å². The maximum Gasteiger partial charge on any atom is 0.306 e. The Hall–Kier alpha value is -2.33. The van der Waals surface area contributed by atoms with Gasteiger partial charge in [-0.3, -0.25) is 4.79 Å². The highest BCUT2D eigenvalue weighted by molar-refractivity contribution is 5.72. The van der Waals surface area contributed by atoms with Crippen molar-refractivity contribution in [2.75, 3.05) is 6.61 Å². The molecule has 2 aromatic rings. The van der Waals surface area contributed by atoms with Gasteiger partial charge < -0.3 is 14.6 Å². The number of carboxylic acids is 1. The molecule has 174 valence electrons. The fourth-order valence-electron chi connectivity index (χ4n) is 4.18. The number of rotatable bonds is 7. The highest BCUT2D eigenvalue weighted by Crippen LogP contribution is 2.45. The lowest BCUT2D eigenvalue weighted by Gasteiger charge is -2.44. The lowest BCUT2D eigenvalue weighted by Crippen LogP contribution is -2.40. The van der Waals surface area contributed by atoms with Crippen molar-refractivity contribution >= 4 is 5.97 Å². The number of carboxylic acid groups (broad SMARTS) is 1. The van der Waals surface area contributed by atoms with E-state index in [0.29, 0.717) is 5.41 Å². The topological polar surface area (TPSA) is 55.8 Å². The van der Waals surface area contributed by atoms with E-state index in [2.05, 4.69) is 64.1 Å². The van der Waals surface area contributed by atoms with Crippen molar-refractivity contribution in [3.8, 4) is 11.5 Å². The monoisotopic (exact) mass is 438 g/mol. The van der Waals surface area contributed by atoms with E-state index in [4.69, 9.17) is 14.6 Å². The van der Waals surface area contributed by atoms with Gasteiger partial charge in [0.05, 0.1) is 18.1 Å². The van der Waals surface area contributed by atoms with Crippen molar-refractivity contribution in [1.29, 1.82) is 0 Å². The van der Waals surface area contributed by atoms with Crippen LogP contribution in [-0.2, 0) is 21.6 Å². The Morgan fingerprint density at radius 3 is 2.19 bits per heavy atom. The Morgan fingerprint density at radius 1 is 1.03 bits per heavy atom. The molecule has 1 unspecified atom stereocenters. The minimum Gasteiger partial charge on any atom is -0.481 e. The van der Waals surface area contributed by atoms with Crippen molar-refractivity contribution in [2.45, 2.75) is 78.2 Å². The second kappa shape index (κ2) is 10.5. The number of benzene rings is 2. The zero-order valence-corrected chi connectivity index (χ0v) is 20.0. The predicted octanol–water partition coefficient (Wildman–Crippen LogP) is 7.35. The molecule has 32 heavy (non-hydrogen) atoms. The summed E-state index contributed by atoms with van der Waals surface area (Å²) in [5.41, 5.74) is 2.63. The molecule has 2 fully saturated rings. The number of aryl methyl sites for hydroxylation is 1. The zero-order chi connectivity index (χ0) is 23.2. The van der Waals surface area contributed by atoms with Crippen LogP contribution in [0.2, 0.25) is 0 Å². The normalized spacial score (nSPS) is 21.9. The summed E-state index contributed by atoms with van der Waals surface area (Å²) < 4.78 is 12.6. The number of ether oxygens (including phenoxy) is 2.